The van der Waals surface area contributed by atoms with E-state index in [-0.39, 0.29) is 24.0 Å². The maximum atomic E-state index is 11.9. The van der Waals surface area contributed by atoms with Crippen molar-refractivity contribution >= 4 is 12.0 Å². The monoisotopic (exact) mass is 270 g/mol. The predicted octanol–water partition coefficient (Wildman–Crippen LogP) is 2.11. The number of nitrogens with zero attached hydrogens (tertiary/aromatic N) is 2. The quantitative estimate of drug-likeness (QED) is 0.772. The summed E-state index contributed by atoms with van der Waals surface area (Å²) in [4.78, 5) is 27.3. The highest BCUT2D eigenvalue weighted by Crippen LogP contribution is 2.19. The molecule has 1 atom stereocenters. The Morgan fingerprint density at radius 2 is 1.89 bits per heavy atom. The number of amides is 2. The Balaban J connectivity index is 2.54. The van der Waals surface area contributed by atoms with Crippen molar-refractivity contribution in [1.29, 1.82) is 0 Å². The van der Waals surface area contributed by atoms with Crippen LogP contribution in [0, 0.1) is 5.92 Å². The Morgan fingerprint density at radius 1 is 1.32 bits per heavy atom. The van der Waals surface area contributed by atoms with Crippen LogP contribution in [-0.2, 0) is 9.53 Å². The number of hydrogen-bond donors (Lipinski definition) is 0. The molecule has 0 aromatic heterocycles. The molecule has 110 valence electrons. The van der Waals surface area contributed by atoms with E-state index in [0.29, 0.717) is 13.1 Å². The van der Waals surface area contributed by atoms with Crippen LogP contribution < -0.4 is 0 Å². The Kier molecular flexibility index (Phi) is 4.82. The largest absolute Gasteiger partial charge is 0.444 e. The summed E-state index contributed by atoms with van der Waals surface area (Å²) in [5.74, 6) is 0.108. The summed E-state index contributed by atoms with van der Waals surface area (Å²) in [7, 11) is 1.81. The molecule has 0 spiro atoms. The smallest absolute Gasteiger partial charge is 0.410 e. The Bertz CT molecular complexity index is 347. The molecular weight excluding hydrogens is 244 g/mol. The van der Waals surface area contributed by atoms with Crippen molar-refractivity contribution in [3.8, 4) is 0 Å². The van der Waals surface area contributed by atoms with E-state index >= 15 is 0 Å². The fourth-order valence-electron chi connectivity index (χ4n) is 2.14. The minimum Gasteiger partial charge on any atom is -0.444 e. The van der Waals surface area contributed by atoms with Gasteiger partial charge in [-0.25, -0.2) is 4.79 Å². The maximum absolute atomic E-state index is 11.9. The molecule has 1 aliphatic rings. The summed E-state index contributed by atoms with van der Waals surface area (Å²) in [5, 5.41) is 0. The third-order valence-electron chi connectivity index (χ3n) is 3.20. The normalized spacial score (nSPS) is 19.7. The van der Waals surface area contributed by atoms with E-state index in [2.05, 4.69) is 0 Å². The minimum absolute atomic E-state index is 0.0134. The molecule has 1 rings (SSSR count). The number of likely N-dealkylation sites (N-methyl/N-ethyl adjacent to an activating group) is 1. The van der Waals surface area contributed by atoms with Crippen molar-refractivity contribution in [2.75, 3.05) is 20.1 Å². The Morgan fingerprint density at radius 3 is 2.37 bits per heavy atom. The van der Waals surface area contributed by atoms with Crippen LogP contribution in [-0.4, -0.2) is 53.6 Å². The van der Waals surface area contributed by atoms with Crippen LogP contribution >= 0.6 is 0 Å². The van der Waals surface area contributed by atoms with Gasteiger partial charge in [-0.05, 0) is 27.2 Å². The predicted molar refractivity (Wildman–Crippen MR) is 73.8 cm³/mol. The molecule has 1 fully saturated rings. The molecule has 1 saturated heterocycles. The molecule has 1 unspecified atom stereocenters. The standard InChI is InChI=1S/C14H26N2O3/c1-10(2)12(17)15(6)11-7-8-16(9-11)13(18)19-14(3,4)5/h10-11H,7-9H2,1-6H3. The number of carbonyl (C=O) groups is 2. The van der Waals surface area contributed by atoms with Gasteiger partial charge in [0.2, 0.25) is 5.91 Å². The molecule has 5 heteroatoms. The maximum Gasteiger partial charge on any atom is 0.410 e. The lowest BCUT2D eigenvalue weighted by atomic mass is 10.1. The highest BCUT2D eigenvalue weighted by atomic mass is 16.6. The van der Waals surface area contributed by atoms with Crippen LogP contribution in [0.5, 0.6) is 0 Å². The first-order chi connectivity index (χ1) is 8.61. The molecule has 0 N–H and O–H groups in total. The number of ether oxygens (including phenoxy) is 1. The first kappa shape index (κ1) is 15.8. The van der Waals surface area contributed by atoms with Crippen molar-refractivity contribution < 1.29 is 14.3 Å². The van der Waals surface area contributed by atoms with Crippen molar-refractivity contribution in [1.82, 2.24) is 9.80 Å². The zero-order chi connectivity index (χ0) is 14.8. The molecule has 2 amide bonds. The number of rotatable bonds is 2. The summed E-state index contributed by atoms with van der Waals surface area (Å²) >= 11 is 0. The highest BCUT2D eigenvalue weighted by molar-refractivity contribution is 5.78. The van der Waals surface area contributed by atoms with Crippen LogP contribution in [0.4, 0.5) is 4.79 Å². The van der Waals surface area contributed by atoms with E-state index in [1.165, 1.54) is 0 Å². The molecule has 0 radical (unpaired) electrons. The van der Waals surface area contributed by atoms with Gasteiger partial charge in [0.1, 0.15) is 5.60 Å². The van der Waals surface area contributed by atoms with E-state index in [9.17, 15) is 9.59 Å². The first-order valence-electron chi connectivity index (χ1n) is 6.86. The highest BCUT2D eigenvalue weighted by Gasteiger charge is 2.33. The molecule has 0 aromatic rings. The van der Waals surface area contributed by atoms with Gasteiger partial charge in [-0.2, -0.15) is 0 Å². The second kappa shape index (κ2) is 5.80. The SMILES string of the molecule is CC(C)C(=O)N(C)C1CCN(C(=O)OC(C)(C)C)C1. The van der Waals surface area contributed by atoms with Gasteiger partial charge in [0.15, 0.2) is 0 Å². The van der Waals surface area contributed by atoms with Crippen LogP contribution in [0.3, 0.4) is 0 Å². The van der Waals surface area contributed by atoms with E-state index in [1.807, 2.05) is 41.7 Å². The van der Waals surface area contributed by atoms with Crippen LogP contribution in [0.15, 0.2) is 0 Å². The third kappa shape index (κ3) is 4.40. The fraction of sp³-hybridized carbons (Fsp3) is 0.857. The Hall–Kier alpha value is -1.26. The van der Waals surface area contributed by atoms with E-state index in [4.69, 9.17) is 4.74 Å². The molecule has 1 heterocycles. The molecule has 0 aliphatic carbocycles. The van der Waals surface area contributed by atoms with Gasteiger partial charge in [0.25, 0.3) is 0 Å². The van der Waals surface area contributed by atoms with E-state index in [0.717, 1.165) is 6.42 Å². The van der Waals surface area contributed by atoms with Crippen molar-refractivity contribution in [2.24, 2.45) is 5.92 Å². The zero-order valence-electron chi connectivity index (χ0n) is 12.9. The second-order valence-electron chi connectivity index (χ2n) is 6.47. The van der Waals surface area contributed by atoms with Gasteiger partial charge in [-0.3, -0.25) is 4.79 Å². The van der Waals surface area contributed by atoms with Gasteiger partial charge in [0.05, 0.1) is 6.04 Å². The van der Waals surface area contributed by atoms with Gasteiger partial charge in [-0.1, -0.05) is 13.8 Å². The van der Waals surface area contributed by atoms with E-state index in [1.54, 1.807) is 9.80 Å². The van der Waals surface area contributed by atoms with Crippen molar-refractivity contribution in [3.05, 3.63) is 0 Å². The summed E-state index contributed by atoms with van der Waals surface area (Å²) in [6, 6.07) is 0.0995. The lowest BCUT2D eigenvalue weighted by molar-refractivity contribution is -0.135. The molecule has 0 aromatic carbocycles. The van der Waals surface area contributed by atoms with E-state index < -0.39 is 5.60 Å². The summed E-state index contributed by atoms with van der Waals surface area (Å²) in [6.45, 7) is 10.5. The topological polar surface area (TPSA) is 49.9 Å². The lowest BCUT2D eigenvalue weighted by Crippen LogP contribution is -2.42. The van der Waals surface area contributed by atoms with Crippen LogP contribution in [0.2, 0.25) is 0 Å². The second-order valence-corrected chi connectivity index (χ2v) is 6.47. The van der Waals surface area contributed by atoms with Gasteiger partial charge >= 0.3 is 6.09 Å². The minimum atomic E-state index is -0.477. The van der Waals surface area contributed by atoms with Gasteiger partial charge < -0.3 is 14.5 Å². The van der Waals surface area contributed by atoms with Crippen LogP contribution in [0.1, 0.15) is 41.0 Å². The third-order valence-corrected chi connectivity index (χ3v) is 3.20. The summed E-state index contributed by atoms with van der Waals surface area (Å²) in [6.07, 6.45) is 0.522. The van der Waals surface area contributed by atoms with Crippen LogP contribution in [0.25, 0.3) is 0 Å². The van der Waals surface area contributed by atoms with Crippen molar-refractivity contribution in [2.45, 2.75) is 52.7 Å². The zero-order valence-corrected chi connectivity index (χ0v) is 12.9. The fourth-order valence-corrected chi connectivity index (χ4v) is 2.14. The van der Waals surface area contributed by atoms with Crippen molar-refractivity contribution in [3.63, 3.8) is 0 Å². The number of likely N-dealkylation sites (tertiary alicyclic amines) is 1. The molecule has 5 nitrogen and oxygen atoms in total. The summed E-state index contributed by atoms with van der Waals surface area (Å²) < 4.78 is 5.34. The lowest BCUT2D eigenvalue weighted by Gasteiger charge is -2.27. The molecule has 0 saturated carbocycles. The molecule has 19 heavy (non-hydrogen) atoms. The average molecular weight is 270 g/mol. The van der Waals surface area contributed by atoms with Gasteiger partial charge in [-0.15, -0.1) is 0 Å². The Labute approximate surface area is 115 Å². The van der Waals surface area contributed by atoms with Gasteiger partial charge in [0, 0.05) is 26.1 Å². The number of carbonyl (C=O) groups excluding carboxylic acids is 2. The average Bonchev–Trinajstić information content (AvgIpc) is 2.73. The molecule has 1 aliphatic heterocycles. The molecule has 0 bridgehead atoms. The number of hydrogen-bond acceptors (Lipinski definition) is 3. The summed E-state index contributed by atoms with van der Waals surface area (Å²) in [5.41, 5.74) is -0.477. The molecular formula is C14H26N2O3. The first-order valence-corrected chi connectivity index (χ1v) is 6.86.